The Bertz CT molecular complexity index is 1720. The van der Waals surface area contributed by atoms with Crippen molar-refractivity contribution < 1.29 is 22.8 Å². The van der Waals surface area contributed by atoms with E-state index < -0.39 is 18.8 Å². The second kappa shape index (κ2) is 13.3. The molecule has 14 heteroatoms. The van der Waals surface area contributed by atoms with Gasteiger partial charge >= 0.3 is 12.2 Å². The van der Waals surface area contributed by atoms with Crippen molar-refractivity contribution in [2.24, 2.45) is 7.05 Å². The summed E-state index contributed by atoms with van der Waals surface area (Å²) in [6, 6.07) is 11.8. The van der Waals surface area contributed by atoms with Crippen molar-refractivity contribution in [2.75, 3.05) is 32.0 Å². The van der Waals surface area contributed by atoms with Gasteiger partial charge in [-0.05, 0) is 54.3 Å². The molecule has 1 aliphatic heterocycles. The lowest BCUT2D eigenvalue weighted by atomic mass is 10.0. The molecule has 236 valence electrons. The molecule has 3 heterocycles. The number of anilines is 1. The fourth-order valence-electron chi connectivity index (χ4n) is 5.30. The van der Waals surface area contributed by atoms with Gasteiger partial charge in [0.05, 0.1) is 22.8 Å². The smallest absolute Gasteiger partial charge is 0.338 e. The first kappa shape index (κ1) is 31.3. The lowest BCUT2D eigenvalue weighted by Crippen LogP contribution is -2.48. The van der Waals surface area contributed by atoms with Gasteiger partial charge in [0.25, 0.3) is 5.91 Å². The van der Waals surface area contributed by atoms with E-state index in [1.54, 1.807) is 60.0 Å². The number of rotatable bonds is 9. The van der Waals surface area contributed by atoms with Gasteiger partial charge in [-0.3, -0.25) is 14.0 Å². The Kier molecular flexibility index (Phi) is 9.23. The van der Waals surface area contributed by atoms with Gasteiger partial charge in [-0.2, -0.15) is 18.3 Å². The molecule has 45 heavy (non-hydrogen) atoms. The number of imidazole rings is 1. The Morgan fingerprint density at radius 1 is 1.13 bits per heavy atom. The number of fused-ring (bicyclic) bond motifs is 1. The van der Waals surface area contributed by atoms with E-state index >= 15 is 0 Å². The Labute approximate surface area is 258 Å². The minimum atomic E-state index is -4.50. The van der Waals surface area contributed by atoms with Crippen molar-refractivity contribution in [1.29, 1.82) is 0 Å². The summed E-state index contributed by atoms with van der Waals surface area (Å²) in [5, 5.41) is 10.4. The first-order chi connectivity index (χ1) is 21.5. The van der Waals surface area contributed by atoms with Gasteiger partial charge in [0.2, 0.25) is 0 Å². The fraction of sp³-hybridized carbons (Fsp3) is 0.290. The molecule has 5 rings (SSSR count). The van der Waals surface area contributed by atoms with Crippen LogP contribution in [0.4, 0.5) is 23.7 Å². The summed E-state index contributed by atoms with van der Waals surface area (Å²) in [5.41, 5.74) is 8.17. The summed E-state index contributed by atoms with van der Waals surface area (Å²) < 4.78 is 40.7. The number of amides is 3. The second-order valence-corrected chi connectivity index (χ2v) is 10.6. The SMILES string of the molecule is C=C/C(=C\N(NC)C1CCN(C(=O)c2cnn(C)c2)CC1)c1ccc2c(c1)ncn2-c1cccc(NC(=O)NCC(F)(F)F)c1. The summed E-state index contributed by atoms with van der Waals surface area (Å²) in [6.07, 6.45) is 5.83. The number of piperidine rings is 1. The molecule has 2 aromatic carbocycles. The number of aryl methyl sites for hydroxylation is 1. The van der Waals surface area contributed by atoms with Gasteiger partial charge in [-0.25, -0.2) is 15.2 Å². The number of nitrogens with one attached hydrogen (secondary N) is 3. The van der Waals surface area contributed by atoms with Crippen LogP contribution in [0.15, 0.2) is 80.0 Å². The van der Waals surface area contributed by atoms with E-state index in [0.717, 1.165) is 35.0 Å². The quantitative estimate of drug-likeness (QED) is 0.184. The van der Waals surface area contributed by atoms with Crippen LogP contribution in [0.2, 0.25) is 0 Å². The molecule has 0 spiro atoms. The molecule has 0 unspecified atom stereocenters. The number of carbonyl (C=O) groups is 2. The minimum absolute atomic E-state index is 0.0120. The highest BCUT2D eigenvalue weighted by Crippen LogP contribution is 2.26. The summed E-state index contributed by atoms with van der Waals surface area (Å²) in [4.78, 5) is 31.2. The number of benzene rings is 2. The first-order valence-corrected chi connectivity index (χ1v) is 14.3. The molecule has 0 saturated carbocycles. The molecule has 11 nitrogen and oxygen atoms in total. The predicted octanol–water partition coefficient (Wildman–Crippen LogP) is 4.71. The van der Waals surface area contributed by atoms with Crippen molar-refractivity contribution >= 4 is 34.2 Å². The number of hydrogen-bond donors (Lipinski definition) is 3. The summed E-state index contributed by atoms with van der Waals surface area (Å²) >= 11 is 0. The fourth-order valence-corrected chi connectivity index (χ4v) is 5.30. The van der Waals surface area contributed by atoms with Crippen molar-refractivity contribution in [2.45, 2.75) is 25.1 Å². The van der Waals surface area contributed by atoms with Crippen molar-refractivity contribution in [3.8, 4) is 5.69 Å². The highest BCUT2D eigenvalue weighted by molar-refractivity contribution is 5.94. The molecule has 0 atom stereocenters. The summed E-state index contributed by atoms with van der Waals surface area (Å²) in [7, 11) is 3.65. The number of halogens is 3. The van der Waals surface area contributed by atoms with E-state index in [4.69, 9.17) is 0 Å². The number of alkyl halides is 3. The van der Waals surface area contributed by atoms with Crippen molar-refractivity contribution in [1.82, 2.24) is 40.0 Å². The van der Waals surface area contributed by atoms with Crippen molar-refractivity contribution in [3.05, 3.63) is 91.2 Å². The van der Waals surface area contributed by atoms with Crippen LogP contribution in [0.3, 0.4) is 0 Å². The Morgan fingerprint density at radius 3 is 2.58 bits per heavy atom. The van der Waals surface area contributed by atoms with Gasteiger partial charge in [0, 0.05) is 57.0 Å². The molecular formula is C31H34F3N9O2. The summed E-state index contributed by atoms with van der Waals surface area (Å²) in [6.45, 7) is 3.86. The summed E-state index contributed by atoms with van der Waals surface area (Å²) in [5.74, 6) is -0.0120. The average Bonchev–Trinajstić information content (AvgIpc) is 3.66. The topological polar surface area (TPSA) is 112 Å². The molecule has 1 saturated heterocycles. The second-order valence-electron chi connectivity index (χ2n) is 10.6. The van der Waals surface area contributed by atoms with Gasteiger partial charge in [-0.1, -0.05) is 24.8 Å². The number of hydrogen-bond acceptors (Lipinski definition) is 6. The number of likely N-dealkylation sites (tertiary alicyclic amines) is 1. The average molecular weight is 622 g/mol. The molecule has 3 amide bonds. The van der Waals surface area contributed by atoms with Gasteiger partial charge < -0.3 is 20.5 Å². The number of nitrogens with zero attached hydrogens (tertiary/aromatic N) is 6. The number of aromatic nitrogens is 4. The molecule has 1 aliphatic rings. The van der Waals surface area contributed by atoms with Gasteiger partial charge in [0.1, 0.15) is 12.9 Å². The molecule has 3 N–H and O–H groups in total. The lowest BCUT2D eigenvalue weighted by molar-refractivity contribution is -0.122. The standard InChI is InChI=1S/C31H34F3N9O2/c1-4-21(18-43(35-2)25-10-12-41(13-11-25)29(44)23-16-38-40(3)17-23)22-8-9-28-27(14-22)37-20-42(28)26-7-5-6-24(15-26)39-30(45)36-19-31(32,33)34/h4-9,14-18,20,25,35H,1,10-13,19H2,2-3H3,(H2,36,39,45)/b21-18+. The van der Waals surface area contributed by atoms with Crippen LogP contribution >= 0.6 is 0 Å². The van der Waals surface area contributed by atoms with Crippen LogP contribution in [0.5, 0.6) is 0 Å². The number of carbonyl (C=O) groups excluding carboxylic acids is 2. The zero-order valence-electron chi connectivity index (χ0n) is 24.9. The maximum absolute atomic E-state index is 12.8. The molecule has 1 fully saturated rings. The Balaban J connectivity index is 1.28. The normalized spacial score (nSPS) is 14.4. The monoisotopic (exact) mass is 621 g/mol. The molecule has 0 bridgehead atoms. The number of allylic oxidation sites excluding steroid dienone is 2. The van der Waals surface area contributed by atoms with Crippen LogP contribution in [-0.4, -0.2) is 80.1 Å². The van der Waals surface area contributed by atoms with E-state index in [9.17, 15) is 22.8 Å². The molecule has 0 radical (unpaired) electrons. The third kappa shape index (κ3) is 7.52. The van der Waals surface area contributed by atoms with Gasteiger partial charge in [0.15, 0.2) is 0 Å². The van der Waals surface area contributed by atoms with E-state index in [-0.39, 0.29) is 11.9 Å². The van der Waals surface area contributed by atoms with E-state index in [1.165, 1.54) is 0 Å². The Hall–Kier alpha value is -5.11. The first-order valence-electron chi connectivity index (χ1n) is 14.3. The van der Waals surface area contributed by atoms with E-state index in [1.807, 2.05) is 47.0 Å². The minimum Gasteiger partial charge on any atom is -0.338 e. The van der Waals surface area contributed by atoms with Crippen LogP contribution < -0.4 is 16.1 Å². The van der Waals surface area contributed by atoms with E-state index in [0.29, 0.717) is 30.0 Å². The number of urea groups is 1. The van der Waals surface area contributed by atoms with Crippen molar-refractivity contribution in [3.63, 3.8) is 0 Å². The van der Waals surface area contributed by atoms with E-state index in [2.05, 4.69) is 32.4 Å². The van der Waals surface area contributed by atoms with Crippen LogP contribution in [-0.2, 0) is 7.05 Å². The zero-order chi connectivity index (χ0) is 32.1. The molecule has 4 aromatic rings. The predicted molar refractivity (Wildman–Crippen MR) is 165 cm³/mol. The highest BCUT2D eigenvalue weighted by atomic mass is 19.4. The van der Waals surface area contributed by atoms with Crippen LogP contribution in [0, 0.1) is 0 Å². The van der Waals surface area contributed by atoms with Gasteiger partial charge in [-0.15, -0.1) is 0 Å². The van der Waals surface area contributed by atoms with Crippen LogP contribution in [0.25, 0.3) is 22.3 Å². The third-order valence-corrected chi connectivity index (χ3v) is 7.57. The maximum Gasteiger partial charge on any atom is 0.405 e. The number of hydrazine groups is 1. The highest BCUT2D eigenvalue weighted by Gasteiger charge is 2.28. The molecule has 0 aliphatic carbocycles. The maximum atomic E-state index is 12.8. The van der Waals surface area contributed by atoms with Crippen LogP contribution in [0.1, 0.15) is 28.8 Å². The third-order valence-electron chi connectivity index (χ3n) is 7.57. The molecule has 2 aromatic heterocycles. The molecular weight excluding hydrogens is 587 g/mol. The zero-order valence-corrected chi connectivity index (χ0v) is 24.9. The lowest BCUT2D eigenvalue weighted by Gasteiger charge is -2.37. The largest absolute Gasteiger partial charge is 0.405 e. The Morgan fingerprint density at radius 2 is 1.91 bits per heavy atom.